The third-order valence-corrected chi connectivity index (χ3v) is 4.57. The smallest absolute Gasteiger partial charge is 0.0959 e. The molecule has 2 aromatic rings. The second-order valence-electron chi connectivity index (χ2n) is 5.33. The number of thiazole rings is 1. The van der Waals surface area contributed by atoms with Gasteiger partial charge in [0.05, 0.1) is 29.0 Å². The first kappa shape index (κ1) is 13.7. The van der Waals surface area contributed by atoms with Gasteiger partial charge in [0, 0.05) is 17.4 Å². The van der Waals surface area contributed by atoms with Gasteiger partial charge in [-0.2, -0.15) is 0 Å². The fourth-order valence-corrected chi connectivity index (χ4v) is 3.43. The predicted octanol–water partition coefficient (Wildman–Crippen LogP) is 3.28. The maximum absolute atomic E-state index is 10.2. The van der Waals surface area contributed by atoms with Gasteiger partial charge in [0.25, 0.3) is 0 Å². The third-order valence-electron chi connectivity index (χ3n) is 3.70. The van der Waals surface area contributed by atoms with Crippen LogP contribution >= 0.6 is 11.3 Å². The van der Waals surface area contributed by atoms with Crippen molar-refractivity contribution in [3.63, 3.8) is 0 Å². The molecule has 106 valence electrons. The van der Waals surface area contributed by atoms with E-state index in [9.17, 15) is 5.11 Å². The van der Waals surface area contributed by atoms with Gasteiger partial charge < -0.3 is 9.84 Å². The molecule has 1 saturated heterocycles. The molecule has 0 bridgehead atoms. The Balaban J connectivity index is 1.65. The van der Waals surface area contributed by atoms with Crippen molar-refractivity contribution in [1.29, 1.82) is 0 Å². The molecule has 4 heteroatoms. The average Bonchev–Trinajstić information content (AvgIpc) is 3.09. The summed E-state index contributed by atoms with van der Waals surface area (Å²) in [6, 6.07) is 10.1. The fourth-order valence-electron chi connectivity index (χ4n) is 2.57. The Bertz CT molecular complexity index is 555. The van der Waals surface area contributed by atoms with E-state index in [1.54, 1.807) is 11.3 Å². The lowest BCUT2D eigenvalue weighted by atomic mass is 10.1. The zero-order valence-electron chi connectivity index (χ0n) is 11.5. The summed E-state index contributed by atoms with van der Waals surface area (Å²) in [5.41, 5.74) is 2.11. The summed E-state index contributed by atoms with van der Waals surface area (Å²) < 4.78 is 5.71. The molecule has 3 unspecified atom stereocenters. The minimum Gasteiger partial charge on any atom is -0.390 e. The lowest BCUT2D eigenvalue weighted by Crippen LogP contribution is -2.28. The number of benzene rings is 1. The summed E-state index contributed by atoms with van der Waals surface area (Å²) in [6.07, 6.45) is 2.35. The Hall–Kier alpha value is -1.23. The van der Waals surface area contributed by atoms with E-state index < -0.39 is 6.10 Å². The van der Waals surface area contributed by atoms with Crippen molar-refractivity contribution < 1.29 is 9.84 Å². The molecule has 0 spiro atoms. The number of aliphatic hydroxyl groups excluding tert-OH is 1. The van der Waals surface area contributed by atoms with Crippen LogP contribution in [0.1, 0.15) is 24.8 Å². The lowest BCUT2D eigenvalue weighted by Gasteiger charge is -2.17. The summed E-state index contributed by atoms with van der Waals surface area (Å²) in [7, 11) is 0. The number of nitrogens with zero attached hydrogens (tertiary/aromatic N) is 1. The average molecular weight is 289 g/mol. The molecule has 3 rings (SSSR count). The van der Waals surface area contributed by atoms with Gasteiger partial charge in [-0.25, -0.2) is 4.98 Å². The van der Waals surface area contributed by atoms with Crippen LogP contribution in [0.15, 0.2) is 35.7 Å². The van der Waals surface area contributed by atoms with Crippen molar-refractivity contribution in [2.45, 2.75) is 44.5 Å². The minimum atomic E-state index is -0.449. The largest absolute Gasteiger partial charge is 0.390 e. The third kappa shape index (κ3) is 3.08. The van der Waals surface area contributed by atoms with Crippen molar-refractivity contribution >= 4 is 11.3 Å². The quantitative estimate of drug-likeness (QED) is 0.939. The summed E-state index contributed by atoms with van der Waals surface area (Å²) in [4.78, 5) is 4.61. The van der Waals surface area contributed by atoms with Crippen LogP contribution in [0.5, 0.6) is 0 Å². The van der Waals surface area contributed by atoms with E-state index in [-0.39, 0.29) is 12.2 Å². The molecular formula is C16H19NO2S. The number of hydrogen-bond acceptors (Lipinski definition) is 4. The van der Waals surface area contributed by atoms with Gasteiger partial charge in [0.15, 0.2) is 0 Å². The van der Waals surface area contributed by atoms with Crippen LogP contribution in [-0.4, -0.2) is 28.4 Å². The predicted molar refractivity (Wildman–Crippen MR) is 80.8 cm³/mol. The summed E-state index contributed by atoms with van der Waals surface area (Å²) in [5.74, 6) is 0. The molecule has 1 aliphatic heterocycles. The Kier molecular flexibility index (Phi) is 4.15. The van der Waals surface area contributed by atoms with Gasteiger partial charge in [0.2, 0.25) is 0 Å². The monoisotopic (exact) mass is 289 g/mol. The fraction of sp³-hybridized carbons (Fsp3) is 0.438. The Morgan fingerprint density at radius 2 is 2.15 bits per heavy atom. The van der Waals surface area contributed by atoms with Gasteiger partial charge in [-0.15, -0.1) is 11.3 Å². The number of aliphatic hydroxyl groups is 1. The molecule has 3 nitrogen and oxygen atoms in total. The van der Waals surface area contributed by atoms with Crippen LogP contribution < -0.4 is 0 Å². The van der Waals surface area contributed by atoms with Gasteiger partial charge >= 0.3 is 0 Å². The molecule has 2 heterocycles. The highest BCUT2D eigenvalue weighted by Crippen LogP contribution is 2.26. The van der Waals surface area contributed by atoms with E-state index in [2.05, 4.69) is 29.4 Å². The normalized spacial score (nSPS) is 23.9. The second-order valence-corrected chi connectivity index (χ2v) is 6.27. The highest BCUT2D eigenvalue weighted by molar-refractivity contribution is 7.09. The molecule has 1 N–H and O–H groups in total. The van der Waals surface area contributed by atoms with Gasteiger partial charge in [-0.3, -0.25) is 0 Å². The maximum atomic E-state index is 10.2. The molecule has 1 aliphatic rings. The van der Waals surface area contributed by atoms with Crippen LogP contribution in [0.25, 0.3) is 11.3 Å². The molecule has 1 fully saturated rings. The van der Waals surface area contributed by atoms with E-state index in [0.29, 0.717) is 6.42 Å². The molecule has 0 radical (unpaired) electrons. The molecule has 0 amide bonds. The van der Waals surface area contributed by atoms with E-state index in [0.717, 1.165) is 29.1 Å². The Morgan fingerprint density at radius 3 is 2.85 bits per heavy atom. The first-order valence-electron chi connectivity index (χ1n) is 7.05. The van der Waals surface area contributed by atoms with Gasteiger partial charge in [-0.05, 0) is 19.8 Å². The van der Waals surface area contributed by atoms with E-state index in [4.69, 9.17) is 4.74 Å². The Morgan fingerprint density at radius 1 is 1.35 bits per heavy atom. The van der Waals surface area contributed by atoms with E-state index >= 15 is 0 Å². The van der Waals surface area contributed by atoms with Crippen molar-refractivity contribution in [1.82, 2.24) is 4.98 Å². The molecular weight excluding hydrogens is 270 g/mol. The summed E-state index contributed by atoms with van der Waals surface area (Å²) >= 11 is 1.61. The van der Waals surface area contributed by atoms with Crippen molar-refractivity contribution in [3.8, 4) is 11.3 Å². The van der Waals surface area contributed by atoms with Crippen molar-refractivity contribution in [2.24, 2.45) is 0 Å². The minimum absolute atomic E-state index is 0.0333. The number of hydrogen-bond donors (Lipinski definition) is 1. The maximum Gasteiger partial charge on any atom is 0.0959 e. The standard InChI is InChI=1S/C16H19NO2S/c1-11-7-8-15(19-11)14(18)9-16-17-13(10-20-16)12-5-3-2-4-6-12/h2-6,10-11,14-15,18H,7-9H2,1H3. The zero-order valence-corrected chi connectivity index (χ0v) is 12.3. The SMILES string of the molecule is CC1CCC(C(O)Cc2nc(-c3ccccc3)cs2)O1. The molecule has 0 aliphatic carbocycles. The van der Waals surface area contributed by atoms with E-state index in [1.807, 2.05) is 18.2 Å². The molecule has 1 aromatic heterocycles. The topological polar surface area (TPSA) is 42.4 Å². The van der Waals surface area contributed by atoms with Gasteiger partial charge in [0.1, 0.15) is 0 Å². The first-order valence-corrected chi connectivity index (χ1v) is 7.93. The number of aromatic nitrogens is 1. The second kappa shape index (κ2) is 6.04. The van der Waals surface area contributed by atoms with Crippen LogP contribution in [0.4, 0.5) is 0 Å². The molecule has 1 aromatic carbocycles. The van der Waals surface area contributed by atoms with Gasteiger partial charge in [-0.1, -0.05) is 30.3 Å². The summed E-state index contributed by atoms with van der Waals surface area (Å²) in [6.45, 7) is 2.06. The number of rotatable bonds is 4. The first-order chi connectivity index (χ1) is 9.72. The molecule has 0 saturated carbocycles. The molecule has 3 atom stereocenters. The lowest BCUT2D eigenvalue weighted by molar-refractivity contribution is -0.0278. The highest BCUT2D eigenvalue weighted by atomic mass is 32.1. The van der Waals surface area contributed by atoms with Crippen LogP contribution in [0.3, 0.4) is 0 Å². The molecule has 20 heavy (non-hydrogen) atoms. The Labute approximate surface area is 123 Å². The summed E-state index contributed by atoms with van der Waals surface area (Å²) in [5, 5.41) is 13.3. The number of ether oxygens (including phenoxy) is 1. The van der Waals surface area contributed by atoms with Crippen molar-refractivity contribution in [2.75, 3.05) is 0 Å². The zero-order chi connectivity index (χ0) is 13.9. The van der Waals surface area contributed by atoms with Crippen LogP contribution in [0.2, 0.25) is 0 Å². The van der Waals surface area contributed by atoms with Crippen LogP contribution in [-0.2, 0) is 11.2 Å². The van der Waals surface area contributed by atoms with Crippen molar-refractivity contribution in [3.05, 3.63) is 40.7 Å². The highest BCUT2D eigenvalue weighted by Gasteiger charge is 2.28. The van der Waals surface area contributed by atoms with E-state index in [1.165, 1.54) is 0 Å². The van der Waals surface area contributed by atoms with Crippen LogP contribution in [0, 0.1) is 0 Å².